The van der Waals surface area contributed by atoms with Crippen molar-refractivity contribution < 1.29 is 14.0 Å². The Morgan fingerprint density at radius 1 is 1.11 bits per heavy atom. The summed E-state index contributed by atoms with van der Waals surface area (Å²) in [6.07, 6.45) is 0.879. The Labute approximate surface area is 160 Å². The summed E-state index contributed by atoms with van der Waals surface area (Å²) < 4.78 is 5.46. The van der Waals surface area contributed by atoms with E-state index in [1.807, 2.05) is 43.0 Å². The average Bonchev–Trinajstić information content (AvgIpc) is 3.00. The molecule has 6 nitrogen and oxygen atoms in total. The number of furan rings is 1. The zero-order chi connectivity index (χ0) is 19.4. The van der Waals surface area contributed by atoms with E-state index < -0.39 is 0 Å². The lowest BCUT2D eigenvalue weighted by Gasteiger charge is -2.34. The number of nitrogens with one attached hydrogen (secondary N) is 1. The zero-order valence-electron chi connectivity index (χ0n) is 16.2. The van der Waals surface area contributed by atoms with Crippen molar-refractivity contribution in [2.75, 3.05) is 38.0 Å². The Hall–Kier alpha value is -2.60. The van der Waals surface area contributed by atoms with Crippen LogP contribution in [0.2, 0.25) is 0 Å². The third-order valence-electron chi connectivity index (χ3n) is 4.97. The lowest BCUT2D eigenvalue weighted by Crippen LogP contribution is -2.50. The van der Waals surface area contributed by atoms with Gasteiger partial charge in [-0.1, -0.05) is 25.1 Å². The van der Waals surface area contributed by atoms with E-state index in [9.17, 15) is 9.59 Å². The largest absolute Gasteiger partial charge is 0.466 e. The minimum atomic E-state index is -0.0167. The van der Waals surface area contributed by atoms with Gasteiger partial charge in [0.05, 0.1) is 12.1 Å². The van der Waals surface area contributed by atoms with Crippen molar-refractivity contribution in [2.45, 2.75) is 27.2 Å². The van der Waals surface area contributed by atoms with Crippen LogP contribution < -0.4 is 5.32 Å². The predicted molar refractivity (Wildman–Crippen MR) is 105 cm³/mol. The molecule has 0 atom stereocenters. The number of benzene rings is 1. The molecule has 0 spiro atoms. The van der Waals surface area contributed by atoms with Crippen molar-refractivity contribution in [3.63, 3.8) is 0 Å². The van der Waals surface area contributed by atoms with Gasteiger partial charge >= 0.3 is 0 Å². The van der Waals surface area contributed by atoms with E-state index in [1.54, 1.807) is 6.07 Å². The quantitative estimate of drug-likeness (QED) is 0.880. The van der Waals surface area contributed by atoms with E-state index in [-0.39, 0.29) is 11.8 Å². The molecular weight excluding hydrogens is 342 g/mol. The Balaban J connectivity index is 1.51. The Morgan fingerprint density at radius 3 is 2.44 bits per heavy atom. The zero-order valence-corrected chi connectivity index (χ0v) is 16.2. The molecule has 0 aliphatic carbocycles. The van der Waals surface area contributed by atoms with Crippen molar-refractivity contribution in [2.24, 2.45) is 0 Å². The van der Waals surface area contributed by atoms with Gasteiger partial charge in [0, 0.05) is 31.9 Å². The van der Waals surface area contributed by atoms with Crippen LogP contribution in [0.5, 0.6) is 0 Å². The van der Waals surface area contributed by atoms with E-state index in [4.69, 9.17) is 4.42 Å². The van der Waals surface area contributed by atoms with Gasteiger partial charge in [-0.15, -0.1) is 0 Å². The van der Waals surface area contributed by atoms with Gasteiger partial charge in [0.2, 0.25) is 5.91 Å². The first-order chi connectivity index (χ1) is 13.0. The number of carbonyl (C=O) groups excluding carboxylic acids is 2. The molecular formula is C21H27N3O3. The highest BCUT2D eigenvalue weighted by Gasteiger charge is 2.25. The smallest absolute Gasteiger partial charge is 0.257 e. The van der Waals surface area contributed by atoms with Crippen LogP contribution in [0.1, 0.15) is 34.4 Å². The van der Waals surface area contributed by atoms with Gasteiger partial charge in [0.25, 0.3) is 5.91 Å². The second-order valence-electron chi connectivity index (χ2n) is 6.95. The molecule has 3 rings (SSSR count). The molecule has 6 heteroatoms. The Bertz CT molecular complexity index is 820. The number of carbonyl (C=O) groups is 2. The van der Waals surface area contributed by atoms with Gasteiger partial charge in [0.15, 0.2) is 0 Å². The topological polar surface area (TPSA) is 65.8 Å². The van der Waals surface area contributed by atoms with Gasteiger partial charge in [-0.05, 0) is 38.0 Å². The summed E-state index contributed by atoms with van der Waals surface area (Å²) >= 11 is 0. The second-order valence-corrected chi connectivity index (χ2v) is 6.95. The molecule has 0 unspecified atom stereocenters. The molecule has 1 saturated heterocycles. The van der Waals surface area contributed by atoms with Crippen LogP contribution in [-0.2, 0) is 11.2 Å². The molecule has 0 bridgehead atoms. The van der Waals surface area contributed by atoms with Crippen LogP contribution in [-0.4, -0.2) is 54.3 Å². The van der Waals surface area contributed by atoms with Crippen LogP contribution in [0.4, 0.5) is 5.69 Å². The highest BCUT2D eigenvalue weighted by molar-refractivity contribution is 5.95. The van der Waals surface area contributed by atoms with Crippen LogP contribution >= 0.6 is 0 Å². The number of rotatable bonds is 5. The maximum absolute atomic E-state index is 12.6. The number of amides is 2. The Kier molecular flexibility index (Phi) is 5.96. The fraction of sp³-hybridized carbons (Fsp3) is 0.429. The lowest BCUT2D eigenvalue weighted by molar-refractivity contribution is -0.117. The van der Waals surface area contributed by atoms with E-state index in [1.165, 1.54) is 0 Å². The minimum Gasteiger partial charge on any atom is -0.466 e. The normalized spacial score (nSPS) is 15.0. The number of anilines is 1. The van der Waals surface area contributed by atoms with E-state index >= 15 is 0 Å². The maximum Gasteiger partial charge on any atom is 0.257 e. The van der Waals surface area contributed by atoms with E-state index in [0.717, 1.165) is 23.4 Å². The SMILES string of the molecule is CCc1ccccc1NC(=O)CN1CCN(C(=O)c2cc(C)oc2C)CC1. The van der Waals surface area contributed by atoms with Crippen molar-refractivity contribution in [1.82, 2.24) is 9.80 Å². The number of aryl methyl sites for hydroxylation is 3. The van der Waals surface area contributed by atoms with Crippen molar-refractivity contribution >= 4 is 17.5 Å². The standard InChI is InChI=1S/C21H27N3O3/c1-4-17-7-5-6-8-19(17)22-20(25)14-23-9-11-24(12-10-23)21(26)18-13-15(2)27-16(18)3/h5-8,13H,4,9-12,14H2,1-3H3,(H,22,25). The number of piperazine rings is 1. The second kappa shape index (κ2) is 8.39. The average molecular weight is 369 g/mol. The summed E-state index contributed by atoms with van der Waals surface area (Å²) in [4.78, 5) is 28.9. The number of hydrogen-bond donors (Lipinski definition) is 1. The van der Waals surface area contributed by atoms with Gasteiger partial charge in [-0.2, -0.15) is 0 Å². The summed E-state index contributed by atoms with van der Waals surface area (Å²) in [5, 5.41) is 3.01. The summed E-state index contributed by atoms with van der Waals surface area (Å²) in [5.74, 6) is 1.40. The molecule has 0 radical (unpaired) electrons. The summed E-state index contributed by atoms with van der Waals surface area (Å²) in [6.45, 7) is 8.66. The third-order valence-corrected chi connectivity index (χ3v) is 4.97. The molecule has 1 aliphatic rings. The summed E-state index contributed by atoms with van der Waals surface area (Å²) in [5.41, 5.74) is 2.64. The molecule has 1 fully saturated rings. The first-order valence-corrected chi connectivity index (χ1v) is 9.44. The fourth-order valence-corrected chi connectivity index (χ4v) is 3.47. The van der Waals surface area contributed by atoms with Gasteiger partial charge in [-0.25, -0.2) is 0 Å². The van der Waals surface area contributed by atoms with E-state index in [0.29, 0.717) is 44.0 Å². The van der Waals surface area contributed by atoms with Crippen LogP contribution in [0.15, 0.2) is 34.7 Å². The monoisotopic (exact) mass is 369 g/mol. The molecule has 1 aliphatic heterocycles. The predicted octanol–water partition coefficient (Wildman–Crippen LogP) is 2.86. The molecule has 27 heavy (non-hydrogen) atoms. The summed E-state index contributed by atoms with van der Waals surface area (Å²) in [7, 11) is 0. The van der Waals surface area contributed by atoms with Crippen LogP contribution in [0.3, 0.4) is 0 Å². The minimum absolute atomic E-state index is 0.00493. The molecule has 1 aromatic heterocycles. The first-order valence-electron chi connectivity index (χ1n) is 9.44. The number of para-hydroxylation sites is 1. The van der Waals surface area contributed by atoms with Crippen LogP contribution in [0, 0.1) is 13.8 Å². The van der Waals surface area contributed by atoms with Gasteiger partial charge in [0.1, 0.15) is 11.5 Å². The lowest BCUT2D eigenvalue weighted by atomic mass is 10.1. The van der Waals surface area contributed by atoms with Crippen molar-refractivity contribution in [3.8, 4) is 0 Å². The molecule has 2 aromatic rings. The summed E-state index contributed by atoms with van der Waals surface area (Å²) in [6, 6.07) is 9.66. The molecule has 2 amide bonds. The third kappa shape index (κ3) is 4.57. The molecule has 2 heterocycles. The molecule has 1 aromatic carbocycles. The highest BCUT2D eigenvalue weighted by Crippen LogP contribution is 2.18. The number of nitrogens with zero attached hydrogens (tertiary/aromatic N) is 2. The fourth-order valence-electron chi connectivity index (χ4n) is 3.47. The van der Waals surface area contributed by atoms with E-state index in [2.05, 4.69) is 17.1 Å². The Morgan fingerprint density at radius 2 is 1.81 bits per heavy atom. The molecule has 0 saturated carbocycles. The van der Waals surface area contributed by atoms with Crippen molar-refractivity contribution in [3.05, 3.63) is 53.0 Å². The van der Waals surface area contributed by atoms with Gasteiger partial charge < -0.3 is 14.6 Å². The first kappa shape index (κ1) is 19.2. The molecule has 144 valence electrons. The highest BCUT2D eigenvalue weighted by atomic mass is 16.3. The number of hydrogen-bond acceptors (Lipinski definition) is 4. The maximum atomic E-state index is 12.6. The van der Waals surface area contributed by atoms with Crippen LogP contribution in [0.25, 0.3) is 0 Å². The molecule has 1 N–H and O–H groups in total. The van der Waals surface area contributed by atoms with Crippen molar-refractivity contribution in [1.29, 1.82) is 0 Å². The van der Waals surface area contributed by atoms with Gasteiger partial charge in [-0.3, -0.25) is 14.5 Å².